The van der Waals surface area contributed by atoms with Crippen molar-refractivity contribution in [2.45, 2.75) is 38.3 Å². The van der Waals surface area contributed by atoms with Gasteiger partial charge in [-0.2, -0.15) is 0 Å². The van der Waals surface area contributed by atoms with Crippen LogP contribution in [0, 0.1) is 0 Å². The summed E-state index contributed by atoms with van der Waals surface area (Å²) in [7, 11) is 0. The van der Waals surface area contributed by atoms with Crippen molar-refractivity contribution in [1.82, 2.24) is 4.90 Å². The number of hydrogen-bond donors (Lipinski definition) is 1. The predicted octanol–water partition coefficient (Wildman–Crippen LogP) is 1.41. The second-order valence-corrected chi connectivity index (χ2v) is 3.65. The van der Waals surface area contributed by atoms with E-state index in [1.54, 1.807) is 0 Å². The molecule has 0 aliphatic carbocycles. The molecule has 0 radical (unpaired) electrons. The largest absolute Gasteiger partial charge is 0.392 e. The molecule has 0 amide bonds. The van der Waals surface area contributed by atoms with Crippen molar-refractivity contribution in [3.8, 4) is 0 Å². The highest BCUT2D eigenvalue weighted by Crippen LogP contribution is 2.16. The molecule has 0 aromatic heterocycles. The first-order valence-corrected chi connectivity index (χ1v) is 4.77. The van der Waals surface area contributed by atoms with Gasteiger partial charge in [0.2, 0.25) is 0 Å². The summed E-state index contributed by atoms with van der Waals surface area (Å²) in [5.74, 6) is 0. The van der Waals surface area contributed by atoms with E-state index in [1.807, 2.05) is 6.08 Å². The van der Waals surface area contributed by atoms with Gasteiger partial charge in [0.25, 0.3) is 0 Å². The third-order valence-electron chi connectivity index (χ3n) is 2.61. The molecule has 1 saturated heterocycles. The first-order chi connectivity index (χ1) is 5.74. The lowest BCUT2D eigenvalue weighted by Gasteiger charge is -2.35. The van der Waals surface area contributed by atoms with Crippen LogP contribution < -0.4 is 0 Å². The molecule has 12 heavy (non-hydrogen) atoms. The van der Waals surface area contributed by atoms with E-state index in [-0.39, 0.29) is 6.10 Å². The summed E-state index contributed by atoms with van der Waals surface area (Å²) in [5, 5.41) is 9.43. The molecule has 1 aliphatic heterocycles. The predicted molar refractivity (Wildman–Crippen MR) is 51.1 cm³/mol. The summed E-state index contributed by atoms with van der Waals surface area (Å²) in [5.41, 5.74) is 0. The van der Waals surface area contributed by atoms with Crippen LogP contribution in [0.25, 0.3) is 0 Å². The zero-order chi connectivity index (χ0) is 8.97. The van der Waals surface area contributed by atoms with Gasteiger partial charge in [0.05, 0.1) is 6.10 Å². The monoisotopic (exact) mass is 169 g/mol. The lowest BCUT2D eigenvalue weighted by Crippen LogP contribution is -2.44. The van der Waals surface area contributed by atoms with E-state index in [1.165, 1.54) is 0 Å². The number of aliphatic hydroxyl groups excluding tert-OH is 1. The molecule has 1 rings (SSSR count). The van der Waals surface area contributed by atoms with Gasteiger partial charge in [0.1, 0.15) is 0 Å². The Morgan fingerprint density at radius 1 is 1.58 bits per heavy atom. The molecule has 0 saturated carbocycles. The Bertz CT molecular complexity index is 147. The Morgan fingerprint density at radius 3 is 3.00 bits per heavy atom. The number of aliphatic hydroxyl groups is 1. The molecule has 1 N–H and O–H groups in total. The molecule has 1 heterocycles. The van der Waals surface area contributed by atoms with Crippen molar-refractivity contribution in [3.05, 3.63) is 12.7 Å². The number of likely N-dealkylation sites (tertiary alicyclic amines) is 1. The van der Waals surface area contributed by atoms with Crippen molar-refractivity contribution in [1.29, 1.82) is 0 Å². The molecular formula is C10H19NO. The highest BCUT2D eigenvalue weighted by atomic mass is 16.3. The van der Waals surface area contributed by atoms with Gasteiger partial charge < -0.3 is 5.11 Å². The average molecular weight is 169 g/mol. The van der Waals surface area contributed by atoms with Gasteiger partial charge in [-0.25, -0.2) is 0 Å². The molecule has 0 aromatic carbocycles. The minimum atomic E-state index is -0.106. The molecule has 0 unspecified atom stereocenters. The maximum atomic E-state index is 9.43. The summed E-state index contributed by atoms with van der Waals surface area (Å²) in [6.45, 7) is 7.82. The molecule has 1 fully saturated rings. The molecule has 0 spiro atoms. The Morgan fingerprint density at radius 2 is 2.33 bits per heavy atom. The lowest BCUT2D eigenvalue weighted by atomic mass is 10.0. The molecule has 2 heteroatoms. The van der Waals surface area contributed by atoms with Gasteiger partial charge in [-0.1, -0.05) is 6.08 Å². The van der Waals surface area contributed by atoms with E-state index in [4.69, 9.17) is 0 Å². The minimum absolute atomic E-state index is 0.106. The Kier molecular flexibility index (Phi) is 3.76. The fourth-order valence-corrected chi connectivity index (χ4v) is 1.73. The number of piperidine rings is 1. The van der Waals surface area contributed by atoms with Crippen LogP contribution in [0.3, 0.4) is 0 Å². The standard InChI is InChI=1S/C10H19NO/c1-3-4-7-11-8-10(12)6-5-9(11)2/h3,9-10,12H,1,4-8H2,2H3/t9-,10-/m1/s1. The van der Waals surface area contributed by atoms with Crippen molar-refractivity contribution in [3.63, 3.8) is 0 Å². The molecule has 1 aliphatic rings. The molecule has 2 nitrogen and oxygen atoms in total. The Labute approximate surface area is 74.9 Å². The summed E-state index contributed by atoms with van der Waals surface area (Å²) in [4.78, 5) is 2.34. The van der Waals surface area contributed by atoms with E-state index in [0.29, 0.717) is 6.04 Å². The minimum Gasteiger partial charge on any atom is -0.392 e. The van der Waals surface area contributed by atoms with Crippen LogP contribution in [-0.4, -0.2) is 35.2 Å². The van der Waals surface area contributed by atoms with Gasteiger partial charge in [-0.3, -0.25) is 4.90 Å². The van der Waals surface area contributed by atoms with Crippen molar-refractivity contribution in [2.24, 2.45) is 0 Å². The van der Waals surface area contributed by atoms with Crippen LogP contribution in [0.5, 0.6) is 0 Å². The summed E-state index contributed by atoms with van der Waals surface area (Å²) >= 11 is 0. The van der Waals surface area contributed by atoms with Gasteiger partial charge in [-0.05, 0) is 26.2 Å². The molecule has 0 bridgehead atoms. The van der Waals surface area contributed by atoms with Crippen molar-refractivity contribution >= 4 is 0 Å². The summed E-state index contributed by atoms with van der Waals surface area (Å²) in [6, 6.07) is 0.633. The zero-order valence-electron chi connectivity index (χ0n) is 7.87. The molecule has 2 atom stereocenters. The van der Waals surface area contributed by atoms with Gasteiger partial charge in [0.15, 0.2) is 0 Å². The molecule has 0 aromatic rings. The zero-order valence-corrected chi connectivity index (χ0v) is 7.87. The second-order valence-electron chi connectivity index (χ2n) is 3.65. The summed E-state index contributed by atoms with van der Waals surface area (Å²) < 4.78 is 0. The van der Waals surface area contributed by atoms with Gasteiger partial charge >= 0.3 is 0 Å². The smallest absolute Gasteiger partial charge is 0.0667 e. The second kappa shape index (κ2) is 4.63. The number of hydrogen-bond acceptors (Lipinski definition) is 2. The Balaban J connectivity index is 2.32. The van der Waals surface area contributed by atoms with Crippen molar-refractivity contribution < 1.29 is 5.11 Å². The first-order valence-electron chi connectivity index (χ1n) is 4.77. The third-order valence-corrected chi connectivity index (χ3v) is 2.61. The third kappa shape index (κ3) is 2.61. The molecule has 70 valence electrons. The fourth-order valence-electron chi connectivity index (χ4n) is 1.73. The topological polar surface area (TPSA) is 23.5 Å². The number of nitrogens with zero attached hydrogens (tertiary/aromatic N) is 1. The van der Waals surface area contributed by atoms with Crippen LogP contribution in [-0.2, 0) is 0 Å². The van der Waals surface area contributed by atoms with E-state index >= 15 is 0 Å². The van der Waals surface area contributed by atoms with Crippen LogP contribution in [0.15, 0.2) is 12.7 Å². The van der Waals surface area contributed by atoms with Crippen LogP contribution >= 0.6 is 0 Å². The fraction of sp³-hybridized carbons (Fsp3) is 0.800. The van der Waals surface area contributed by atoms with Gasteiger partial charge in [0, 0.05) is 19.1 Å². The van der Waals surface area contributed by atoms with E-state index in [0.717, 1.165) is 32.4 Å². The highest BCUT2D eigenvalue weighted by Gasteiger charge is 2.22. The Hall–Kier alpha value is -0.340. The normalized spacial score (nSPS) is 31.8. The van der Waals surface area contributed by atoms with E-state index in [9.17, 15) is 5.11 Å². The van der Waals surface area contributed by atoms with E-state index in [2.05, 4.69) is 18.4 Å². The SMILES string of the molecule is C=CCCN1C[C@H](O)CC[C@H]1C. The number of rotatable bonds is 3. The summed E-state index contributed by atoms with van der Waals surface area (Å²) in [6.07, 6.45) is 4.94. The van der Waals surface area contributed by atoms with Crippen LogP contribution in [0.1, 0.15) is 26.2 Å². The lowest BCUT2D eigenvalue weighted by molar-refractivity contribution is 0.0422. The van der Waals surface area contributed by atoms with Crippen LogP contribution in [0.4, 0.5) is 0 Å². The van der Waals surface area contributed by atoms with Crippen molar-refractivity contribution in [2.75, 3.05) is 13.1 Å². The maximum Gasteiger partial charge on any atom is 0.0667 e. The maximum absolute atomic E-state index is 9.43. The number of β-amino-alcohol motifs (C(OH)–C–C–N with tert-alkyl or cyclic N) is 1. The van der Waals surface area contributed by atoms with E-state index < -0.39 is 0 Å². The quantitative estimate of drug-likeness (QED) is 0.646. The van der Waals surface area contributed by atoms with Gasteiger partial charge in [-0.15, -0.1) is 6.58 Å². The van der Waals surface area contributed by atoms with Crippen LogP contribution in [0.2, 0.25) is 0 Å². The first kappa shape index (κ1) is 9.75. The average Bonchev–Trinajstić information content (AvgIpc) is 2.07. The highest BCUT2D eigenvalue weighted by molar-refractivity contribution is 4.80. The molecular weight excluding hydrogens is 150 g/mol.